The zero-order chi connectivity index (χ0) is 20.3. The summed E-state index contributed by atoms with van der Waals surface area (Å²) in [6, 6.07) is 0. The van der Waals surface area contributed by atoms with E-state index in [0.717, 1.165) is 0 Å². The van der Waals surface area contributed by atoms with Crippen molar-refractivity contribution in [2.75, 3.05) is 13.7 Å². The number of esters is 1. The van der Waals surface area contributed by atoms with Crippen LogP contribution in [0.3, 0.4) is 0 Å². The van der Waals surface area contributed by atoms with Crippen LogP contribution in [0.1, 0.15) is 34.6 Å². The van der Waals surface area contributed by atoms with Crippen LogP contribution in [-0.2, 0) is 42.7 Å². The molecule has 0 unspecified atom stereocenters. The second-order valence-corrected chi connectivity index (χ2v) is 8.34. The molecule has 0 amide bonds. The summed E-state index contributed by atoms with van der Waals surface area (Å²) in [5.41, 5.74) is -1.23. The molecule has 28 heavy (non-hydrogen) atoms. The first-order chi connectivity index (χ1) is 13.1. The van der Waals surface area contributed by atoms with Gasteiger partial charge in [-0.3, -0.25) is 4.79 Å². The highest BCUT2D eigenvalue weighted by molar-refractivity contribution is 5.66. The highest BCUT2D eigenvalue weighted by Gasteiger charge is 2.72. The van der Waals surface area contributed by atoms with Gasteiger partial charge in [0.25, 0.3) is 0 Å². The van der Waals surface area contributed by atoms with E-state index >= 15 is 0 Å². The van der Waals surface area contributed by atoms with E-state index in [1.807, 2.05) is 13.8 Å². The van der Waals surface area contributed by atoms with Gasteiger partial charge in [-0.1, -0.05) is 0 Å². The fraction of sp³-hybridized carbons (Fsp3) is 0.842. The third kappa shape index (κ3) is 3.28. The van der Waals surface area contributed by atoms with Gasteiger partial charge in [-0.2, -0.15) is 0 Å². The maximum atomic E-state index is 11.8. The molecule has 4 heterocycles. The van der Waals surface area contributed by atoms with Crippen LogP contribution in [0.2, 0.25) is 0 Å². The number of fused-ring (bicyclic) bond motifs is 2. The average molecular weight is 400 g/mol. The lowest BCUT2D eigenvalue weighted by atomic mass is 9.81. The molecule has 0 saturated carbocycles. The van der Waals surface area contributed by atoms with E-state index < -0.39 is 60.1 Å². The molecule has 3 fully saturated rings. The maximum absolute atomic E-state index is 11.8. The topological polar surface area (TPSA) is 90.9 Å². The molecule has 7 atom stereocenters. The Morgan fingerprint density at radius 2 is 1.75 bits per heavy atom. The molecule has 0 radical (unpaired) electrons. The summed E-state index contributed by atoms with van der Waals surface area (Å²) in [5, 5.41) is 0. The molecule has 0 aromatic rings. The summed E-state index contributed by atoms with van der Waals surface area (Å²) >= 11 is 0. The fourth-order valence-corrected chi connectivity index (χ4v) is 4.33. The van der Waals surface area contributed by atoms with Crippen molar-refractivity contribution in [3.63, 3.8) is 0 Å². The normalized spacial score (nSPS) is 46.1. The van der Waals surface area contributed by atoms with Gasteiger partial charge in [0.05, 0.1) is 6.61 Å². The van der Waals surface area contributed by atoms with Crippen molar-refractivity contribution in [3.8, 4) is 0 Å². The van der Waals surface area contributed by atoms with Crippen molar-refractivity contribution >= 4 is 5.97 Å². The van der Waals surface area contributed by atoms with E-state index in [1.54, 1.807) is 26.0 Å². The standard InChI is InChI=1S/C19H28O9/c1-10(20)23-12-7-8-13(21-6)26-19(12)14(11-9-22-17(2,3)25-11)24-16-15(19)27-18(4,5)28-16/h7-8,11-16H,9H2,1-6H3/t11-,12-,13+,14-,15+,16-,19-/m1/s1. The number of hydrogen-bond donors (Lipinski definition) is 0. The molecule has 4 aliphatic rings. The van der Waals surface area contributed by atoms with Gasteiger partial charge in [0.1, 0.15) is 18.3 Å². The molecule has 4 aliphatic heterocycles. The van der Waals surface area contributed by atoms with Crippen LogP contribution < -0.4 is 0 Å². The zero-order valence-corrected chi connectivity index (χ0v) is 17.0. The second-order valence-electron chi connectivity index (χ2n) is 8.34. The molecule has 0 bridgehead atoms. The van der Waals surface area contributed by atoms with E-state index in [0.29, 0.717) is 6.61 Å². The first-order valence-corrected chi connectivity index (χ1v) is 9.45. The Bertz CT molecular complexity index is 660. The molecule has 0 aromatic carbocycles. The van der Waals surface area contributed by atoms with E-state index in [9.17, 15) is 4.79 Å². The van der Waals surface area contributed by atoms with Gasteiger partial charge in [0.2, 0.25) is 0 Å². The summed E-state index contributed by atoms with van der Waals surface area (Å²) in [4.78, 5) is 11.8. The largest absolute Gasteiger partial charge is 0.455 e. The number of rotatable bonds is 3. The van der Waals surface area contributed by atoms with Gasteiger partial charge < -0.3 is 37.9 Å². The number of methoxy groups -OCH3 is 1. The summed E-state index contributed by atoms with van der Waals surface area (Å²) in [5.74, 6) is -2.10. The Hall–Kier alpha value is -1.07. The third-order valence-electron chi connectivity index (χ3n) is 5.33. The van der Waals surface area contributed by atoms with E-state index in [-0.39, 0.29) is 0 Å². The third-order valence-corrected chi connectivity index (χ3v) is 5.33. The predicted octanol–water partition coefficient (Wildman–Crippen LogP) is 1.24. The number of carbonyl (C=O) groups is 1. The molecule has 158 valence electrons. The molecule has 9 nitrogen and oxygen atoms in total. The molecule has 0 aromatic heterocycles. The van der Waals surface area contributed by atoms with Gasteiger partial charge in [-0.25, -0.2) is 0 Å². The van der Waals surface area contributed by atoms with Gasteiger partial charge in [0.15, 0.2) is 35.9 Å². The van der Waals surface area contributed by atoms with Crippen LogP contribution in [0.15, 0.2) is 12.2 Å². The summed E-state index contributed by atoms with van der Waals surface area (Å²) < 4.78 is 47.5. The van der Waals surface area contributed by atoms with Crippen molar-refractivity contribution in [3.05, 3.63) is 12.2 Å². The minimum absolute atomic E-state index is 0.291. The van der Waals surface area contributed by atoms with Crippen LogP contribution >= 0.6 is 0 Å². The Morgan fingerprint density at radius 1 is 1.00 bits per heavy atom. The lowest BCUT2D eigenvalue weighted by Gasteiger charge is -2.46. The molecule has 4 rings (SSSR count). The molecule has 0 N–H and O–H groups in total. The van der Waals surface area contributed by atoms with E-state index in [2.05, 4.69) is 0 Å². The Kier molecular flexibility index (Phi) is 4.86. The van der Waals surface area contributed by atoms with E-state index in [4.69, 9.17) is 37.9 Å². The minimum Gasteiger partial charge on any atom is -0.455 e. The van der Waals surface area contributed by atoms with Crippen molar-refractivity contribution in [2.45, 2.75) is 88.8 Å². The average Bonchev–Trinajstić information content (AvgIpc) is 3.19. The smallest absolute Gasteiger partial charge is 0.303 e. The first-order valence-electron chi connectivity index (χ1n) is 9.45. The van der Waals surface area contributed by atoms with Crippen LogP contribution in [0.25, 0.3) is 0 Å². The van der Waals surface area contributed by atoms with Gasteiger partial charge >= 0.3 is 5.97 Å². The lowest BCUT2D eigenvalue weighted by molar-refractivity contribution is -0.298. The minimum atomic E-state index is -1.23. The maximum Gasteiger partial charge on any atom is 0.303 e. The molecular formula is C19H28O9. The molecule has 9 heteroatoms. The van der Waals surface area contributed by atoms with Crippen LogP contribution in [0.4, 0.5) is 0 Å². The summed E-state index contributed by atoms with van der Waals surface area (Å²) in [6.07, 6.45) is -0.528. The number of ether oxygens (including phenoxy) is 8. The van der Waals surface area contributed by atoms with Crippen molar-refractivity contribution in [1.29, 1.82) is 0 Å². The highest BCUT2D eigenvalue weighted by Crippen LogP contribution is 2.51. The van der Waals surface area contributed by atoms with E-state index in [1.165, 1.54) is 14.0 Å². The SMILES string of the molecule is CO[C@@H]1C=C[C@@H](OC(C)=O)[C@@]2(O1)[C@@H]([C@H]1COC(C)(C)O1)O[C@@H]1OC(C)(C)O[C@@H]12. The van der Waals surface area contributed by atoms with Crippen LogP contribution in [0.5, 0.6) is 0 Å². The van der Waals surface area contributed by atoms with Crippen molar-refractivity contribution in [2.24, 2.45) is 0 Å². The van der Waals surface area contributed by atoms with Crippen LogP contribution in [-0.4, -0.2) is 73.9 Å². The Balaban J connectivity index is 1.76. The molecule has 1 spiro atoms. The van der Waals surface area contributed by atoms with Crippen LogP contribution in [0, 0.1) is 0 Å². The lowest BCUT2D eigenvalue weighted by Crippen LogP contribution is -2.65. The van der Waals surface area contributed by atoms with Crippen molar-refractivity contribution < 1.29 is 42.7 Å². The van der Waals surface area contributed by atoms with Gasteiger partial charge in [-0.15, -0.1) is 0 Å². The molecule has 3 saturated heterocycles. The van der Waals surface area contributed by atoms with Gasteiger partial charge in [0, 0.05) is 14.0 Å². The Labute approximate surface area is 164 Å². The first kappa shape index (κ1) is 20.2. The monoisotopic (exact) mass is 400 g/mol. The highest BCUT2D eigenvalue weighted by atomic mass is 16.9. The number of hydrogen-bond acceptors (Lipinski definition) is 9. The predicted molar refractivity (Wildman–Crippen MR) is 92.9 cm³/mol. The molecule has 0 aliphatic carbocycles. The number of carbonyl (C=O) groups excluding carboxylic acids is 1. The van der Waals surface area contributed by atoms with Gasteiger partial charge in [-0.05, 0) is 39.8 Å². The second kappa shape index (κ2) is 6.73. The summed E-state index contributed by atoms with van der Waals surface area (Å²) in [6.45, 7) is 8.88. The molecular weight excluding hydrogens is 372 g/mol. The quantitative estimate of drug-likeness (QED) is 0.513. The zero-order valence-electron chi connectivity index (χ0n) is 17.0. The summed E-state index contributed by atoms with van der Waals surface area (Å²) in [7, 11) is 1.53. The fourth-order valence-electron chi connectivity index (χ4n) is 4.33. The van der Waals surface area contributed by atoms with Crippen molar-refractivity contribution in [1.82, 2.24) is 0 Å². The Morgan fingerprint density at radius 3 is 2.36 bits per heavy atom.